The highest BCUT2D eigenvalue weighted by Gasteiger charge is 2.60. The fourth-order valence-corrected chi connectivity index (χ4v) is 12.3. The minimum Gasteiger partial charge on any atom is -0.462 e. The van der Waals surface area contributed by atoms with Crippen LogP contribution in [0.15, 0.2) is 12.2 Å². The highest BCUT2D eigenvalue weighted by molar-refractivity contribution is 5.77. The van der Waals surface area contributed by atoms with Gasteiger partial charge in [0.05, 0.1) is 0 Å². The van der Waals surface area contributed by atoms with Crippen LogP contribution in [0.4, 0.5) is 0 Å². The lowest BCUT2D eigenvalue weighted by molar-refractivity contribution is -0.162. The van der Waals surface area contributed by atoms with E-state index in [0.717, 1.165) is 62.7 Å². The fourth-order valence-electron chi connectivity index (χ4n) is 12.3. The van der Waals surface area contributed by atoms with Crippen LogP contribution in [0.3, 0.4) is 0 Å². The summed E-state index contributed by atoms with van der Waals surface area (Å²) in [7, 11) is 0. The third-order valence-electron chi connectivity index (χ3n) is 15.5. The molecule has 6 heteroatoms. The minimum atomic E-state index is 0.0462. The number of esters is 1. The number of amides is 2. The molecule has 4 aliphatic rings. The summed E-state index contributed by atoms with van der Waals surface area (Å²) < 4.78 is 6.12. The van der Waals surface area contributed by atoms with Gasteiger partial charge in [0, 0.05) is 32.4 Å². The molecule has 2 N–H and O–H groups in total. The number of allylic oxidation sites excluding steroid dienone is 2. The molecule has 0 spiro atoms. The molecule has 0 aromatic heterocycles. The molecule has 0 saturated heterocycles. The number of rotatable bonds is 25. The Morgan fingerprint density at radius 2 is 1.31 bits per heavy atom. The Morgan fingerprint density at radius 1 is 0.704 bits per heavy atom. The molecule has 4 unspecified atom stereocenters. The molecule has 4 rings (SSSR count). The molecule has 6 nitrogen and oxygen atoms in total. The smallest absolute Gasteiger partial charge is 0.306 e. The largest absolute Gasteiger partial charge is 0.462 e. The van der Waals surface area contributed by atoms with Gasteiger partial charge in [-0.3, -0.25) is 14.4 Å². The second-order valence-electron chi connectivity index (χ2n) is 19.1. The van der Waals surface area contributed by atoms with Crippen molar-refractivity contribution in [3.8, 4) is 0 Å². The first-order valence-corrected chi connectivity index (χ1v) is 23.5. The predicted molar refractivity (Wildman–Crippen MR) is 224 cm³/mol. The molecule has 9 atom stereocenters. The zero-order valence-electron chi connectivity index (χ0n) is 35.8. The quantitative estimate of drug-likeness (QED) is 0.0552. The lowest BCUT2D eigenvalue weighted by Crippen LogP contribution is -2.54. The van der Waals surface area contributed by atoms with Gasteiger partial charge in [0.25, 0.3) is 0 Å². The third-order valence-corrected chi connectivity index (χ3v) is 15.5. The molecule has 2 amide bonds. The van der Waals surface area contributed by atoms with Gasteiger partial charge in [-0.25, -0.2) is 0 Å². The maximum atomic E-state index is 12.8. The van der Waals surface area contributed by atoms with Crippen LogP contribution in [0.1, 0.15) is 208 Å². The van der Waals surface area contributed by atoms with E-state index < -0.39 is 0 Å². The van der Waals surface area contributed by atoms with Gasteiger partial charge in [-0.2, -0.15) is 0 Å². The highest BCUT2D eigenvalue weighted by Crippen LogP contribution is 2.68. The molecule has 0 heterocycles. The molecular weight excluding hydrogens is 669 g/mol. The summed E-state index contributed by atoms with van der Waals surface area (Å²) in [5, 5.41) is 6.06. The molecule has 0 radical (unpaired) electrons. The number of fused-ring (bicyclic) bond motifs is 5. The fraction of sp³-hybridized carbons (Fsp3) is 0.896. The van der Waals surface area contributed by atoms with Gasteiger partial charge in [-0.15, -0.1) is 0 Å². The van der Waals surface area contributed by atoms with Crippen molar-refractivity contribution >= 4 is 17.8 Å². The number of carbonyl (C=O) groups excluding carboxylic acids is 3. The number of hydrogen-bond donors (Lipinski definition) is 2. The van der Waals surface area contributed by atoms with Gasteiger partial charge in [0.15, 0.2) is 0 Å². The highest BCUT2D eigenvalue weighted by atomic mass is 16.5. The summed E-state index contributed by atoms with van der Waals surface area (Å²) in [6.07, 6.45) is 35.4. The Hall–Kier alpha value is -1.85. The van der Waals surface area contributed by atoms with Gasteiger partial charge in [-0.05, 0) is 143 Å². The Morgan fingerprint density at radius 3 is 2.02 bits per heavy atom. The molecule has 310 valence electrons. The first-order chi connectivity index (χ1) is 26.1. The van der Waals surface area contributed by atoms with Crippen molar-refractivity contribution in [1.82, 2.24) is 10.6 Å². The zero-order valence-corrected chi connectivity index (χ0v) is 35.8. The van der Waals surface area contributed by atoms with Crippen LogP contribution in [0.25, 0.3) is 0 Å². The Balaban J connectivity index is 1.10. The van der Waals surface area contributed by atoms with Crippen molar-refractivity contribution in [2.45, 2.75) is 214 Å². The van der Waals surface area contributed by atoms with Crippen molar-refractivity contribution in [1.29, 1.82) is 0 Å². The maximum absolute atomic E-state index is 12.8. The summed E-state index contributed by atoms with van der Waals surface area (Å²) in [6.45, 7) is 13.0. The molecule has 4 aliphatic carbocycles. The number of hydrogen-bond acceptors (Lipinski definition) is 4. The van der Waals surface area contributed by atoms with Crippen LogP contribution in [0, 0.1) is 46.3 Å². The topological polar surface area (TPSA) is 84.5 Å². The first kappa shape index (κ1) is 44.9. The zero-order chi connectivity index (χ0) is 38.8. The van der Waals surface area contributed by atoms with Crippen molar-refractivity contribution < 1.29 is 19.1 Å². The van der Waals surface area contributed by atoms with E-state index in [1.54, 1.807) is 0 Å². The maximum Gasteiger partial charge on any atom is 0.306 e. The van der Waals surface area contributed by atoms with Crippen LogP contribution in [-0.4, -0.2) is 37.0 Å². The standard InChI is InChI=1S/C48H84N2O4/c1-6-8-10-12-14-15-17-18-20-22-44(51)49-34-35-50-45(52)29-24-37(3)41-27-28-42-40-26-25-38-36-39(54-46(53)23-21-19-16-13-11-9-7-2)30-32-47(38,4)43(40)31-33-48(41,42)5/h6,8,37-43H,7,9-36H2,1-5H3,(H,49,51)(H,50,52)/b8-6+/t37?,38-,39+,40+,41+,42-,43?,47?,48?/m0/s1. The van der Waals surface area contributed by atoms with Gasteiger partial charge in [0.1, 0.15) is 6.10 Å². The third kappa shape index (κ3) is 13.1. The summed E-state index contributed by atoms with van der Waals surface area (Å²) in [5.41, 5.74) is 0.776. The van der Waals surface area contributed by atoms with Crippen molar-refractivity contribution in [2.75, 3.05) is 13.1 Å². The van der Waals surface area contributed by atoms with Crippen LogP contribution in [0.5, 0.6) is 0 Å². The Labute approximate surface area is 332 Å². The monoisotopic (exact) mass is 753 g/mol. The number of nitrogens with one attached hydrogen (secondary N) is 2. The van der Waals surface area contributed by atoms with Crippen molar-refractivity contribution in [3.63, 3.8) is 0 Å². The van der Waals surface area contributed by atoms with E-state index in [1.165, 1.54) is 109 Å². The van der Waals surface area contributed by atoms with Gasteiger partial charge >= 0.3 is 5.97 Å². The van der Waals surface area contributed by atoms with Crippen molar-refractivity contribution in [2.24, 2.45) is 46.3 Å². The molecule has 4 saturated carbocycles. The summed E-state index contributed by atoms with van der Waals surface area (Å²) in [5.74, 6) is 4.66. The van der Waals surface area contributed by atoms with E-state index in [2.05, 4.69) is 57.4 Å². The molecule has 0 aromatic rings. The van der Waals surface area contributed by atoms with Crippen LogP contribution in [-0.2, 0) is 19.1 Å². The minimum absolute atomic E-state index is 0.0462. The average molecular weight is 753 g/mol. The summed E-state index contributed by atoms with van der Waals surface area (Å²) in [4.78, 5) is 37.8. The number of unbranched alkanes of at least 4 members (excludes halogenated alkanes) is 12. The second-order valence-corrected chi connectivity index (χ2v) is 19.1. The number of ether oxygens (including phenoxy) is 1. The van der Waals surface area contributed by atoms with E-state index in [9.17, 15) is 14.4 Å². The van der Waals surface area contributed by atoms with Crippen LogP contribution >= 0.6 is 0 Å². The average Bonchev–Trinajstić information content (AvgIpc) is 3.52. The SMILES string of the molecule is C/C=C/CCCCCCCCC(=O)NCCNC(=O)CCC(C)[C@H]1CC[C@H]2[C@H]3CC[C@H]4C[C@H](OC(=O)CCCCCCCCC)CCC4(C)C3CCC12C. The lowest BCUT2D eigenvalue weighted by atomic mass is 9.44. The Kier molecular flexibility index (Phi) is 19.4. The molecular formula is C48H84N2O4. The second kappa shape index (κ2) is 23.4. The van der Waals surface area contributed by atoms with E-state index in [0.29, 0.717) is 60.9 Å². The predicted octanol–water partition coefficient (Wildman–Crippen LogP) is 12.0. The van der Waals surface area contributed by atoms with E-state index in [-0.39, 0.29) is 23.9 Å². The normalized spacial score (nSPS) is 31.0. The van der Waals surface area contributed by atoms with Gasteiger partial charge in [-0.1, -0.05) is 104 Å². The van der Waals surface area contributed by atoms with Crippen LogP contribution < -0.4 is 10.6 Å². The van der Waals surface area contributed by atoms with E-state index in [1.807, 2.05) is 0 Å². The van der Waals surface area contributed by atoms with E-state index in [4.69, 9.17) is 4.74 Å². The molecule has 4 fully saturated rings. The molecule has 54 heavy (non-hydrogen) atoms. The summed E-state index contributed by atoms with van der Waals surface area (Å²) >= 11 is 0. The molecule has 0 aliphatic heterocycles. The molecule has 0 bridgehead atoms. The van der Waals surface area contributed by atoms with Crippen molar-refractivity contribution in [3.05, 3.63) is 12.2 Å². The first-order valence-electron chi connectivity index (χ1n) is 23.5. The molecule has 0 aromatic carbocycles. The van der Waals surface area contributed by atoms with Gasteiger partial charge in [0.2, 0.25) is 11.8 Å². The number of carbonyl (C=O) groups is 3. The van der Waals surface area contributed by atoms with Gasteiger partial charge < -0.3 is 15.4 Å². The summed E-state index contributed by atoms with van der Waals surface area (Å²) in [6, 6.07) is 0. The van der Waals surface area contributed by atoms with E-state index >= 15 is 0 Å². The van der Waals surface area contributed by atoms with Crippen LogP contribution in [0.2, 0.25) is 0 Å². The Bertz CT molecular complexity index is 1150. The lowest BCUT2D eigenvalue weighted by Gasteiger charge is -2.61.